The van der Waals surface area contributed by atoms with Crippen molar-refractivity contribution in [3.8, 4) is 5.75 Å². The molecule has 25 heavy (non-hydrogen) atoms. The number of ether oxygens (including phenoxy) is 1. The number of rotatable bonds is 10. The highest BCUT2D eigenvalue weighted by Gasteiger charge is 2.03. The molecule has 0 aliphatic heterocycles. The first-order valence-corrected chi connectivity index (χ1v) is 8.88. The van der Waals surface area contributed by atoms with Gasteiger partial charge in [-0.2, -0.15) is 0 Å². The Labute approximate surface area is 150 Å². The second-order valence-electron chi connectivity index (χ2n) is 6.18. The van der Waals surface area contributed by atoms with Crippen molar-refractivity contribution in [2.45, 2.75) is 26.2 Å². The second-order valence-corrected chi connectivity index (χ2v) is 6.18. The van der Waals surface area contributed by atoms with Crippen LogP contribution >= 0.6 is 0 Å². The fourth-order valence-corrected chi connectivity index (χ4v) is 2.58. The highest BCUT2D eigenvalue weighted by Crippen LogP contribution is 2.16. The summed E-state index contributed by atoms with van der Waals surface area (Å²) in [5, 5.41) is 2.98. The van der Waals surface area contributed by atoms with Gasteiger partial charge < -0.3 is 15.0 Å². The molecule has 1 N–H and O–H groups in total. The fraction of sp³-hybridized carbons (Fsp3) is 0.381. The average Bonchev–Trinajstić information content (AvgIpc) is 2.64. The van der Waals surface area contributed by atoms with Crippen molar-refractivity contribution in [3.63, 3.8) is 0 Å². The van der Waals surface area contributed by atoms with Gasteiger partial charge in [0.25, 0.3) is 0 Å². The van der Waals surface area contributed by atoms with Gasteiger partial charge in [0.2, 0.25) is 5.91 Å². The van der Waals surface area contributed by atoms with E-state index in [2.05, 4.69) is 29.4 Å². The highest BCUT2D eigenvalue weighted by atomic mass is 16.5. The topological polar surface area (TPSA) is 41.6 Å². The van der Waals surface area contributed by atoms with Crippen molar-refractivity contribution < 1.29 is 9.53 Å². The monoisotopic (exact) mass is 340 g/mol. The van der Waals surface area contributed by atoms with Crippen LogP contribution in [-0.2, 0) is 4.79 Å². The van der Waals surface area contributed by atoms with Gasteiger partial charge in [-0.05, 0) is 43.5 Å². The molecule has 2 rings (SSSR count). The smallest absolute Gasteiger partial charge is 0.220 e. The van der Waals surface area contributed by atoms with E-state index in [-0.39, 0.29) is 5.91 Å². The van der Waals surface area contributed by atoms with Gasteiger partial charge in [-0.15, -0.1) is 0 Å². The van der Waals surface area contributed by atoms with E-state index in [9.17, 15) is 4.79 Å². The van der Waals surface area contributed by atoms with Gasteiger partial charge in [-0.3, -0.25) is 4.79 Å². The minimum absolute atomic E-state index is 0.0933. The quantitative estimate of drug-likeness (QED) is 0.669. The summed E-state index contributed by atoms with van der Waals surface area (Å²) in [6.07, 6.45) is 2.15. The number of hydrogen-bond acceptors (Lipinski definition) is 3. The minimum atomic E-state index is 0.0933. The van der Waals surface area contributed by atoms with Gasteiger partial charge in [0, 0.05) is 32.2 Å². The molecule has 0 saturated carbocycles. The van der Waals surface area contributed by atoms with Crippen molar-refractivity contribution in [2.24, 2.45) is 0 Å². The molecule has 0 aliphatic rings. The van der Waals surface area contributed by atoms with Crippen LogP contribution in [-0.4, -0.2) is 32.7 Å². The van der Waals surface area contributed by atoms with Gasteiger partial charge in [0.05, 0.1) is 6.61 Å². The highest BCUT2D eigenvalue weighted by molar-refractivity contribution is 5.75. The molecule has 1 amide bonds. The Balaban J connectivity index is 1.53. The zero-order chi connectivity index (χ0) is 17.9. The number of para-hydroxylation sites is 2. The fourth-order valence-electron chi connectivity index (χ4n) is 2.58. The number of benzene rings is 2. The van der Waals surface area contributed by atoms with Crippen LogP contribution in [0.15, 0.2) is 54.6 Å². The van der Waals surface area contributed by atoms with Crippen LogP contribution < -0.4 is 15.0 Å². The average molecular weight is 340 g/mol. The van der Waals surface area contributed by atoms with Crippen molar-refractivity contribution in [3.05, 3.63) is 60.2 Å². The normalized spacial score (nSPS) is 10.3. The van der Waals surface area contributed by atoms with Crippen molar-refractivity contribution in [1.82, 2.24) is 5.32 Å². The predicted octanol–water partition coefficient (Wildman–Crippen LogP) is 3.80. The van der Waals surface area contributed by atoms with Crippen molar-refractivity contribution in [1.29, 1.82) is 0 Å². The Morgan fingerprint density at radius 3 is 2.52 bits per heavy atom. The summed E-state index contributed by atoms with van der Waals surface area (Å²) in [6, 6.07) is 18.2. The molecular formula is C21H28N2O2. The molecule has 0 spiro atoms. The number of nitrogens with zero attached hydrogens (tertiary/aromatic N) is 1. The predicted molar refractivity (Wildman–Crippen MR) is 103 cm³/mol. The lowest BCUT2D eigenvalue weighted by atomic mass is 10.2. The molecule has 0 saturated heterocycles. The standard InChI is InChI=1S/C21H28N2O2/c1-18-10-6-7-13-20(18)25-17-8-14-21(24)22-15-9-16-23(2)19-11-4-3-5-12-19/h3-7,10-13H,8-9,14-17H2,1-2H3,(H,22,24). The number of aryl methyl sites for hydroxylation is 1. The maximum Gasteiger partial charge on any atom is 0.220 e. The third-order valence-electron chi connectivity index (χ3n) is 4.09. The van der Waals surface area contributed by atoms with Gasteiger partial charge >= 0.3 is 0 Å². The summed E-state index contributed by atoms with van der Waals surface area (Å²) in [6.45, 7) is 4.21. The summed E-state index contributed by atoms with van der Waals surface area (Å²) in [5.41, 5.74) is 2.32. The molecule has 4 nitrogen and oxygen atoms in total. The molecule has 0 unspecified atom stereocenters. The molecule has 0 heterocycles. The van der Waals surface area contributed by atoms with E-state index in [0.29, 0.717) is 19.6 Å². The van der Waals surface area contributed by atoms with Crippen LogP contribution in [0.2, 0.25) is 0 Å². The first-order chi connectivity index (χ1) is 12.2. The van der Waals surface area contributed by atoms with E-state index in [0.717, 1.165) is 30.7 Å². The lowest BCUT2D eigenvalue weighted by Crippen LogP contribution is -2.28. The first-order valence-electron chi connectivity index (χ1n) is 8.88. The molecule has 0 bridgehead atoms. The number of carbonyl (C=O) groups is 1. The van der Waals surface area contributed by atoms with E-state index in [4.69, 9.17) is 4.74 Å². The van der Waals surface area contributed by atoms with Crippen LogP contribution in [0.3, 0.4) is 0 Å². The maximum absolute atomic E-state index is 11.9. The third kappa shape index (κ3) is 6.87. The number of carbonyl (C=O) groups excluding carboxylic acids is 1. The van der Waals surface area contributed by atoms with Crippen LogP contribution in [0.5, 0.6) is 5.75 Å². The molecule has 2 aromatic rings. The Hall–Kier alpha value is -2.49. The third-order valence-corrected chi connectivity index (χ3v) is 4.09. The summed E-state index contributed by atoms with van der Waals surface area (Å²) in [7, 11) is 2.07. The largest absolute Gasteiger partial charge is 0.493 e. The Bertz CT molecular complexity index is 643. The van der Waals surface area contributed by atoms with E-state index in [1.807, 2.05) is 49.4 Å². The lowest BCUT2D eigenvalue weighted by Gasteiger charge is -2.19. The molecule has 0 radical (unpaired) electrons. The lowest BCUT2D eigenvalue weighted by molar-refractivity contribution is -0.121. The van der Waals surface area contributed by atoms with Crippen LogP contribution in [0, 0.1) is 6.92 Å². The van der Waals surface area contributed by atoms with E-state index in [1.165, 1.54) is 5.69 Å². The van der Waals surface area contributed by atoms with Gasteiger partial charge in [-0.25, -0.2) is 0 Å². The molecule has 0 fully saturated rings. The number of amides is 1. The Morgan fingerprint density at radius 1 is 1.04 bits per heavy atom. The molecule has 0 atom stereocenters. The number of hydrogen-bond donors (Lipinski definition) is 1. The second kappa shape index (κ2) is 10.4. The Morgan fingerprint density at radius 2 is 1.76 bits per heavy atom. The molecule has 0 aromatic heterocycles. The number of anilines is 1. The molecule has 4 heteroatoms. The molecule has 2 aromatic carbocycles. The zero-order valence-electron chi connectivity index (χ0n) is 15.2. The van der Waals surface area contributed by atoms with Crippen LogP contribution in [0.4, 0.5) is 5.69 Å². The molecular weight excluding hydrogens is 312 g/mol. The van der Waals surface area contributed by atoms with Gasteiger partial charge in [0.1, 0.15) is 5.75 Å². The van der Waals surface area contributed by atoms with Crippen molar-refractivity contribution >= 4 is 11.6 Å². The minimum Gasteiger partial charge on any atom is -0.493 e. The van der Waals surface area contributed by atoms with E-state index in [1.54, 1.807) is 0 Å². The zero-order valence-corrected chi connectivity index (χ0v) is 15.2. The molecule has 0 aliphatic carbocycles. The maximum atomic E-state index is 11.9. The van der Waals surface area contributed by atoms with E-state index < -0.39 is 0 Å². The van der Waals surface area contributed by atoms with E-state index >= 15 is 0 Å². The first kappa shape index (κ1) is 18.8. The Kier molecular flexibility index (Phi) is 7.83. The summed E-state index contributed by atoms with van der Waals surface area (Å²) >= 11 is 0. The summed E-state index contributed by atoms with van der Waals surface area (Å²) in [4.78, 5) is 14.1. The van der Waals surface area contributed by atoms with Crippen molar-refractivity contribution in [2.75, 3.05) is 31.6 Å². The van der Waals surface area contributed by atoms with Gasteiger partial charge in [-0.1, -0.05) is 36.4 Å². The van der Waals surface area contributed by atoms with Crippen LogP contribution in [0.25, 0.3) is 0 Å². The SMILES string of the molecule is Cc1ccccc1OCCCC(=O)NCCCN(C)c1ccccc1. The van der Waals surface area contributed by atoms with Gasteiger partial charge in [0.15, 0.2) is 0 Å². The number of nitrogens with one attached hydrogen (secondary N) is 1. The molecule has 134 valence electrons. The summed E-state index contributed by atoms with van der Waals surface area (Å²) in [5.74, 6) is 0.989. The van der Waals surface area contributed by atoms with Crippen LogP contribution in [0.1, 0.15) is 24.8 Å². The summed E-state index contributed by atoms with van der Waals surface area (Å²) < 4.78 is 5.71.